The normalized spacial score (nSPS) is 11.7. The van der Waals surface area contributed by atoms with Gasteiger partial charge >= 0.3 is 5.97 Å². The lowest BCUT2D eigenvalue weighted by Crippen LogP contribution is -2.30. The molecule has 0 saturated carbocycles. The van der Waals surface area contributed by atoms with Gasteiger partial charge in [0.25, 0.3) is 5.91 Å². The van der Waals surface area contributed by atoms with Gasteiger partial charge in [0.15, 0.2) is 11.9 Å². The number of rotatable bonds is 5. The number of carbonyl (C=O) groups excluding carboxylic acids is 3. The average Bonchev–Trinajstić information content (AvgIpc) is 2.91. The molecule has 8 heteroatoms. The Hall–Kier alpha value is -2.67. The molecule has 24 heavy (non-hydrogen) atoms. The van der Waals surface area contributed by atoms with E-state index in [-0.39, 0.29) is 11.5 Å². The van der Waals surface area contributed by atoms with Crippen LogP contribution in [0.1, 0.15) is 34.7 Å². The number of hydrogen-bond donors (Lipinski definition) is 1. The van der Waals surface area contributed by atoms with Gasteiger partial charge in [0.1, 0.15) is 11.5 Å². The van der Waals surface area contributed by atoms with Crippen LogP contribution in [0.5, 0.6) is 0 Å². The van der Waals surface area contributed by atoms with Crippen LogP contribution in [0.4, 0.5) is 5.82 Å². The Morgan fingerprint density at radius 1 is 1.33 bits per heavy atom. The molecular weight excluding hydrogens is 334 g/mol. The van der Waals surface area contributed by atoms with E-state index in [1.54, 1.807) is 13.1 Å². The molecular formula is C16H16ClN3O4. The summed E-state index contributed by atoms with van der Waals surface area (Å²) in [6.45, 7) is 2.84. The zero-order valence-electron chi connectivity index (χ0n) is 13.4. The summed E-state index contributed by atoms with van der Waals surface area (Å²) < 4.78 is 6.61. The van der Waals surface area contributed by atoms with Crippen LogP contribution in [0.2, 0.25) is 5.02 Å². The van der Waals surface area contributed by atoms with Gasteiger partial charge < -0.3 is 14.6 Å². The lowest BCUT2D eigenvalue weighted by atomic mass is 10.2. The molecule has 1 N–H and O–H groups in total. The van der Waals surface area contributed by atoms with Gasteiger partial charge in [-0.2, -0.15) is 0 Å². The van der Waals surface area contributed by atoms with E-state index in [1.165, 1.54) is 42.9 Å². The predicted octanol–water partition coefficient (Wildman–Crippen LogP) is 2.46. The van der Waals surface area contributed by atoms with Gasteiger partial charge in [0, 0.05) is 25.0 Å². The van der Waals surface area contributed by atoms with E-state index in [0.29, 0.717) is 16.4 Å². The van der Waals surface area contributed by atoms with Crippen molar-refractivity contribution in [2.75, 3.05) is 5.32 Å². The van der Waals surface area contributed by atoms with Crippen LogP contribution >= 0.6 is 11.6 Å². The molecule has 7 nitrogen and oxygen atoms in total. The van der Waals surface area contributed by atoms with Gasteiger partial charge in [-0.05, 0) is 32.0 Å². The first-order chi connectivity index (χ1) is 11.3. The maximum Gasteiger partial charge on any atom is 0.355 e. The Balaban J connectivity index is 2.01. The summed E-state index contributed by atoms with van der Waals surface area (Å²) in [5.74, 6) is -1.09. The number of ether oxygens (including phenoxy) is 1. The summed E-state index contributed by atoms with van der Waals surface area (Å²) in [6, 6.07) is 4.54. The minimum absolute atomic E-state index is 0.163. The molecule has 1 atom stereocenters. The Labute approximate surface area is 143 Å². The minimum Gasteiger partial charge on any atom is -0.448 e. The smallest absolute Gasteiger partial charge is 0.355 e. The van der Waals surface area contributed by atoms with E-state index < -0.39 is 18.0 Å². The number of esters is 1. The van der Waals surface area contributed by atoms with Crippen LogP contribution in [0, 0.1) is 0 Å². The molecule has 0 spiro atoms. The number of carbonyl (C=O) groups is 3. The summed E-state index contributed by atoms with van der Waals surface area (Å²) in [7, 11) is 1.62. The Morgan fingerprint density at radius 3 is 2.58 bits per heavy atom. The second-order valence-electron chi connectivity index (χ2n) is 5.18. The highest BCUT2D eigenvalue weighted by atomic mass is 35.5. The number of Topliss-reactive ketones (excluding diaryl/α,β-unsaturated/α-hetero) is 1. The Kier molecular flexibility index (Phi) is 5.35. The molecule has 0 unspecified atom stereocenters. The second kappa shape index (κ2) is 7.27. The summed E-state index contributed by atoms with van der Waals surface area (Å²) in [6.07, 6.45) is 1.88. The molecule has 126 valence electrons. The minimum atomic E-state index is -1.04. The third-order valence-corrected chi connectivity index (χ3v) is 3.48. The summed E-state index contributed by atoms with van der Waals surface area (Å²) >= 11 is 5.72. The molecule has 2 aromatic heterocycles. The first-order valence-electron chi connectivity index (χ1n) is 7.08. The molecule has 2 heterocycles. The standard InChI is InChI=1S/C16H16ClN3O4/c1-9(21)11-6-13(20(3)8-11)16(23)24-10(2)15(22)19-14-5-4-12(17)7-18-14/h4-8,10H,1-3H3,(H,18,19,22)/t10-/m0/s1. The maximum absolute atomic E-state index is 12.1. The van der Waals surface area contributed by atoms with Crippen molar-refractivity contribution in [2.24, 2.45) is 7.05 Å². The topological polar surface area (TPSA) is 90.3 Å². The van der Waals surface area contributed by atoms with Crippen molar-refractivity contribution in [1.82, 2.24) is 9.55 Å². The number of amides is 1. The molecule has 0 fully saturated rings. The van der Waals surface area contributed by atoms with Crippen LogP contribution in [0.3, 0.4) is 0 Å². The van der Waals surface area contributed by atoms with Crippen molar-refractivity contribution in [3.8, 4) is 0 Å². The van der Waals surface area contributed by atoms with Gasteiger partial charge in [-0.3, -0.25) is 9.59 Å². The average molecular weight is 350 g/mol. The van der Waals surface area contributed by atoms with Gasteiger partial charge in [-0.25, -0.2) is 9.78 Å². The largest absolute Gasteiger partial charge is 0.448 e. The number of aryl methyl sites for hydroxylation is 1. The van der Waals surface area contributed by atoms with E-state index >= 15 is 0 Å². The molecule has 1 amide bonds. The number of ketones is 1. The number of nitrogens with zero attached hydrogens (tertiary/aromatic N) is 2. The second-order valence-corrected chi connectivity index (χ2v) is 5.62. The molecule has 0 aromatic carbocycles. The third-order valence-electron chi connectivity index (χ3n) is 3.25. The van der Waals surface area contributed by atoms with Crippen LogP contribution in [0.25, 0.3) is 0 Å². The zero-order chi connectivity index (χ0) is 17.9. The van der Waals surface area contributed by atoms with E-state index in [4.69, 9.17) is 16.3 Å². The van der Waals surface area contributed by atoms with E-state index in [1.807, 2.05) is 0 Å². The highest BCUT2D eigenvalue weighted by Gasteiger charge is 2.22. The fraction of sp³-hybridized carbons (Fsp3) is 0.250. The van der Waals surface area contributed by atoms with Crippen molar-refractivity contribution in [3.63, 3.8) is 0 Å². The highest BCUT2D eigenvalue weighted by Crippen LogP contribution is 2.12. The quantitative estimate of drug-likeness (QED) is 0.661. The maximum atomic E-state index is 12.1. The molecule has 2 aromatic rings. The monoisotopic (exact) mass is 349 g/mol. The third kappa shape index (κ3) is 4.20. The number of anilines is 1. The Bertz CT molecular complexity index is 783. The number of nitrogens with one attached hydrogen (secondary N) is 1. The number of halogens is 1. The van der Waals surface area contributed by atoms with Crippen LogP contribution in [-0.4, -0.2) is 33.3 Å². The van der Waals surface area contributed by atoms with Crippen molar-refractivity contribution in [2.45, 2.75) is 20.0 Å². The van der Waals surface area contributed by atoms with Crippen molar-refractivity contribution in [1.29, 1.82) is 0 Å². The summed E-state index contributed by atoms with van der Waals surface area (Å²) in [5, 5.41) is 2.96. The van der Waals surface area contributed by atoms with E-state index in [9.17, 15) is 14.4 Å². The SMILES string of the molecule is CC(=O)c1cc(C(=O)O[C@@H](C)C(=O)Nc2ccc(Cl)cn2)n(C)c1. The van der Waals surface area contributed by atoms with Crippen LogP contribution < -0.4 is 5.32 Å². The molecule has 2 rings (SSSR count). The van der Waals surface area contributed by atoms with Crippen molar-refractivity contribution in [3.05, 3.63) is 46.9 Å². The van der Waals surface area contributed by atoms with E-state index in [2.05, 4.69) is 10.3 Å². The predicted molar refractivity (Wildman–Crippen MR) is 88.2 cm³/mol. The molecule has 0 radical (unpaired) electrons. The molecule has 0 saturated heterocycles. The highest BCUT2D eigenvalue weighted by molar-refractivity contribution is 6.30. The number of hydrogen-bond acceptors (Lipinski definition) is 5. The lowest BCUT2D eigenvalue weighted by Gasteiger charge is -2.13. The molecule has 0 bridgehead atoms. The van der Waals surface area contributed by atoms with Gasteiger partial charge in [-0.1, -0.05) is 11.6 Å². The summed E-state index contributed by atoms with van der Waals surface area (Å²) in [5.41, 5.74) is 0.580. The zero-order valence-corrected chi connectivity index (χ0v) is 14.1. The summed E-state index contributed by atoms with van der Waals surface area (Å²) in [4.78, 5) is 39.5. The lowest BCUT2D eigenvalue weighted by molar-refractivity contribution is -0.123. The van der Waals surface area contributed by atoms with Crippen molar-refractivity contribution >= 4 is 35.1 Å². The number of pyridine rings is 1. The number of aromatic nitrogens is 2. The van der Waals surface area contributed by atoms with Crippen LogP contribution in [-0.2, 0) is 16.6 Å². The van der Waals surface area contributed by atoms with Gasteiger partial charge in [0.05, 0.1) is 5.02 Å². The fourth-order valence-electron chi connectivity index (χ4n) is 1.91. The van der Waals surface area contributed by atoms with Crippen LogP contribution in [0.15, 0.2) is 30.6 Å². The first-order valence-corrected chi connectivity index (χ1v) is 7.46. The van der Waals surface area contributed by atoms with Gasteiger partial charge in [-0.15, -0.1) is 0 Å². The molecule has 0 aliphatic carbocycles. The van der Waals surface area contributed by atoms with E-state index in [0.717, 1.165) is 0 Å². The van der Waals surface area contributed by atoms with Gasteiger partial charge in [0.2, 0.25) is 0 Å². The Morgan fingerprint density at radius 2 is 2.04 bits per heavy atom. The molecule has 0 aliphatic rings. The molecule has 0 aliphatic heterocycles. The van der Waals surface area contributed by atoms with Crippen molar-refractivity contribution < 1.29 is 19.1 Å². The first kappa shape index (κ1) is 17.7. The fourth-order valence-corrected chi connectivity index (χ4v) is 2.02.